The first-order valence-electron chi connectivity index (χ1n) is 5.13. The number of carbonyl (C=O) groups excluding carboxylic acids is 1. The average molecular weight is 226 g/mol. The first-order valence-corrected chi connectivity index (χ1v) is 5.13. The Bertz CT molecular complexity index is 377. The second-order valence-corrected chi connectivity index (χ2v) is 3.68. The average Bonchev–Trinajstić information content (AvgIpc) is 2.74. The van der Waals surface area contributed by atoms with Crippen molar-refractivity contribution in [3.8, 4) is 0 Å². The van der Waals surface area contributed by atoms with E-state index in [2.05, 4.69) is 4.98 Å². The van der Waals surface area contributed by atoms with Gasteiger partial charge in [0.05, 0.1) is 31.6 Å². The van der Waals surface area contributed by atoms with E-state index in [1.807, 2.05) is 0 Å². The fourth-order valence-corrected chi connectivity index (χ4v) is 1.71. The maximum Gasteiger partial charge on any atom is 0.292 e. The van der Waals surface area contributed by atoms with Crippen molar-refractivity contribution >= 4 is 5.91 Å². The zero-order valence-electron chi connectivity index (χ0n) is 9.05. The minimum absolute atomic E-state index is 0.112. The van der Waals surface area contributed by atoms with Crippen molar-refractivity contribution in [3.05, 3.63) is 17.8 Å². The fraction of sp³-hybridized carbons (Fsp3) is 0.600. The Balaban J connectivity index is 2.17. The predicted molar refractivity (Wildman–Crippen MR) is 54.0 cm³/mol. The van der Waals surface area contributed by atoms with Crippen LogP contribution in [0, 0.1) is 6.92 Å². The summed E-state index contributed by atoms with van der Waals surface area (Å²) in [6.07, 6.45) is 1.25. The topological polar surface area (TPSA) is 75.8 Å². The lowest BCUT2D eigenvalue weighted by atomic mass is 10.2. The molecule has 1 atom stereocenters. The van der Waals surface area contributed by atoms with E-state index in [4.69, 9.17) is 14.3 Å². The zero-order valence-corrected chi connectivity index (χ0v) is 9.05. The van der Waals surface area contributed by atoms with E-state index in [1.54, 1.807) is 11.8 Å². The van der Waals surface area contributed by atoms with E-state index in [9.17, 15) is 4.79 Å². The Hall–Kier alpha value is -1.40. The van der Waals surface area contributed by atoms with Crippen molar-refractivity contribution in [1.29, 1.82) is 0 Å². The number of rotatable bonds is 2. The molecular formula is C10H14N2O4. The SMILES string of the molecule is Cc1ncoc1C(=O)N1CCOCC1CO. The Kier molecular flexibility index (Phi) is 3.21. The number of oxazole rings is 1. The van der Waals surface area contributed by atoms with Gasteiger partial charge in [-0.05, 0) is 6.92 Å². The summed E-state index contributed by atoms with van der Waals surface area (Å²) in [5.74, 6) is -0.00213. The summed E-state index contributed by atoms with van der Waals surface area (Å²) in [4.78, 5) is 17.5. The van der Waals surface area contributed by atoms with Crippen molar-refractivity contribution in [2.24, 2.45) is 0 Å². The molecule has 1 aromatic rings. The summed E-state index contributed by atoms with van der Waals surface area (Å²) in [6, 6.07) is -0.300. The molecule has 1 fully saturated rings. The van der Waals surface area contributed by atoms with Gasteiger partial charge in [0.25, 0.3) is 5.91 Å². The van der Waals surface area contributed by atoms with Crippen molar-refractivity contribution < 1.29 is 19.1 Å². The molecule has 2 rings (SSSR count). The summed E-state index contributed by atoms with van der Waals surface area (Å²) in [5.41, 5.74) is 0.563. The second kappa shape index (κ2) is 4.63. The number of ether oxygens (including phenoxy) is 1. The highest BCUT2D eigenvalue weighted by atomic mass is 16.5. The van der Waals surface area contributed by atoms with Gasteiger partial charge in [-0.2, -0.15) is 0 Å². The maximum absolute atomic E-state index is 12.1. The maximum atomic E-state index is 12.1. The van der Waals surface area contributed by atoms with Gasteiger partial charge in [-0.15, -0.1) is 0 Å². The van der Waals surface area contributed by atoms with Crippen LogP contribution in [0.3, 0.4) is 0 Å². The summed E-state index contributed by atoms with van der Waals surface area (Å²) in [7, 11) is 0. The van der Waals surface area contributed by atoms with Gasteiger partial charge in [-0.1, -0.05) is 0 Å². The third-order valence-corrected chi connectivity index (χ3v) is 2.64. The highest BCUT2D eigenvalue weighted by Gasteiger charge is 2.30. The Morgan fingerprint density at radius 1 is 1.75 bits per heavy atom. The highest BCUT2D eigenvalue weighted by Crippen LogP contribution is 2.14. The fourth-order valence-electron chi connectivity index (χ4n) is 1.71. The summed E-state index contributed by atoms with van der Waals surface area (Å²) in [6.45, 7) is 2.90. The number of amides is 1. The van der Waals surface area contributed by atoms with Gasteiger partial charge in [0.1, 0.15) is 0 Å². The monoisotopic (exact) mass is 226 g/mol. The molecule has 88 valence electrons. The molecule has 0 aliphatic carbocycles. The van der Waals surface area contributed by atoms with Crippen LogP contribution >= 0.6 is 0 Å². The molecule has 1 amide bonds. The molecule has 0 aromatic carbocycles. The van der Waals surface area contributed by atoms with E-state index in [-0.39, 0.29) is 24.3 Å². The predicted octanol–water partition coefficient (Wildman–Crippen LogP) is -0.184. The van der Waals surface area contributed by atoms with Gasteiger partial charge >= 0.3 is 0 Å². The van der Waals surface area contributed by atoms with E-state index in [1.165, 1.54) is 6.39 Å². The van der Waals surface area contributed by atoms with Crippen LogP contribution in [0.15, 0.2) is 10.8 Å². The lowest BCUT2D eigenvalue weighted by Gasteiger charge is -2.33. The normalized spacial score (nSPS) is 21.1. The first-order chi connectivity index (χ1) is 7.74. The molecule has 2 heterocycles. The van der Waals surface area contributed by atoms with E-state index in [0.29, 0.717) is 25.5 Å². The number of aryl methyl sites for hydroxylation is 1. The van der Waals surface area contributed by atoms with Crippen molar-refractivity contribution in [1.82, 2.24) is 9.88 Å². The van der Waals surface area contributed by atoms with E-state index in [0.717, 1.165) is 0 Å². The molecule has 1 unspecified atom stereocenters. The number of aliphatic hydroxyl groups is 1. The summed E-state index contributed by atoms with van der Waals surface area (Å²) >= 11 is 0. The molecule has 0 saturated carbocycles. The van der Waals surface area contributed by atoms with Crippen LogP contribution in [0.2, 0.25) is 0 Å². The van der Waals surface area contributed by atoms with Crippen LogP contribution in [-0.2, 0) is 4.74 Å². The smallest absolute Gasteiger partial charge is 0.292 e. The Morgan fingerprint density at radius 3 is 3.19 bits per heavy atom. The quantitative estimate of drug-likeness (QED) is 0.756. The van der Waals surface area contributed by atoms with E-state index >= 15 is 0 Å². The first kappa shape index (κ1) is 11.1. The minimum Gasteiger partial charge on any atom is -0.438 e. The lowest BCUT2D eigenvalue weighted by Crippen LogP contribution is -2.50. The van der Waals surface area contributed by atoms with Crippen LogP contribution in [-0.4, -0.2) is 53.3 Å². The molecule has 1 aliphatic heterocycles. The number of aliphatic hydroxyl groups excluding tert-OH is 1. The highest BCUT2D eigenvalue weighted by molar-refractivity contribution is 5.92. The van der Waals surface area contributed by atoms with Crippen LogP contribution < -0.4 is 0 Å². The van der Waals surface area contributed by atoms with Crippen LogP contribution in [0.25, 0.3) is 0 Å². The largest absolute Gasteiger partial charge is 0.438 e. The molecule has 6 nitrogen and oxygen atoms in total. The lowest BCUT2D eigenvalue weighted by molar-refractivity contribution is -0.0197. The van der Waals surface area contributed by atoms with Crippen molar-refractivity contribution in [3.63, 3.8) is 0 Å². The number of aromatic nitrogens is 1. The van der Waals surface area contributed by atoms with E-state index < -0.39 is 0 Å². The van der Waals surface area contributed by atoms with Crippen LogP contribution in [0.1, 0.15) is 16.2 Å². The Labute approximate surface area is 92.8 Å². The molecule has 0 radical (unpaired) electrons. The molecule has 1 saturated heterocycles. The number of nitrogens with zero attached hydrogens (tertiary/aromatic N) is 2. The third-order valence-electron chi connectivity index (χ3n) is 2.64. The molecule has 6 heteroatoms. The molecule has 16 heavy (non-hydrogen) atoms. The molecule has 1 N–H and O–H groups in total. The van der Waals surface area contributed by atoms with Gasteiger partial charge in [0, 0.05) is 6.54 Å². The summed E-state index contributed by atoms with van der Waals surface area (Å²) < 4.78 is 10.2. The second-order valence-electron chi connectivity index (χ2n) is 3.68. The minimum atomic E-state index is -0.300. The Morgan fingerprint density at radius 2 is 2.56 bits per heavy atom. The molecular weight excluding hydrogens is 212 g/mol. The van der Waals surface area contributed by atoms with Gasteiger partial charge in [0.15, 0.2) is 6.39 Å². The molecule has 1 aliphatic rings. The molecule has 1 aromatic heterocycles. The van der Waals surface area contributed by atoms with Crippen molar-refractivity contribution in [2.75, 3.05) is 26.4 Å². The van der Waals surface area contributed by atoms with Gasteiger partial charge in [-0.3, -0.25) is 4.79 Å². The number of morpholine rings is 1. The van der Waals surface area contributed by atoms with Gasteiger partial charge < -0.3 is 19.2 Å². The molecule has 0 spiro atoms. The van der Waals surface area contributed by atoms with Gasteiger partial charge in [-0.25, -0.2) is 4.98 Å². The number of carbonyl (C=O) groups is 1. The van der Waals surface area contributed by atoms with Gasteiger partial charge in [0.2, 0.25) is 5.76 Å². The molecule has 0 bridgehead atoms. The zero-order chi connectivity index (χ0) is 11.5. The standard InChI is InChI=1S/C10H14N2O4/c1-7-9(16-6-11-7)10(14)12-2-3-15-5-8(12)4-13/h6,8,13H,2-5H2,1H3. The number of hydrogen-bond acceptors (Lipinski definition) is 5. The summed E-state index contributed by atoms with van der Waals surface area (Å²) in [5, 5.41) is 9.16. The van der Waals surface area contributed by atoms with Crippen LogP contribution in [0.5, 0.6) is 0 Å². The van der Waals surface area contributed by atoms with Crippen molar-refractivity contribution in [2.45, 2.75) is 13.0 Å². The third kappa shape index (κ3) is 1.94. The number of hydrogen-bond donors (Lipinski definition) is 1. The van der Waals surface area contributed by atoms with Crippen LogP contribution in [0.4, 0.5) is 0 Å².